The van der Waals surface area contributed by atoms with Crippen molar-refractivity contribution in [2.45, 2.75) is 56.7 Å². The number of hydrogen-bond donors (Lipinski definition) is 1. The van der Waals surface area contributed by atoms with Crippen LogP contribution in [0, 0.1) is 5.92 Å². The lowest BCUT2D eigenvalue weighted by Crippen LogP contribution is -2.55. The van der Waals surface area contributed by atoms with Gasteiger partial charge in [-0.2, -0.15) is 26.3 Å². The number of carbonyl (C=O) groups excluding carboxylic acids is 1. The Kier molecular flexibility index (Phi) is 5.55. The second-order valence-corrected chi connectivity index (χ2v) is 7.76. The second-order valence-electron chi connectivity index (χ2n) is 7.76. The van der Waals surface area contributed by atoms with Gasteiger partial charge in [0.05, 0.1) is 17.7 Å². The summed E-state index contributed by atoms with van der Waals surface area (Å²) in [7, 11) is 0. The summed E-state index contributed by atoms with van der Waals surface area (Å²) >= 11 is 0. The quantitative estimate of drug-likeness (QED) is 0.687. The number of alkyl halides is 6. The molecule has 11 heteroatoms. The molecule has 1 spiro atoms. The predicted octanol–water partition coefficient (Wildman–Crippen LogP) is 4.56. The van der Waals surface area contributed by atoms with Gasteiger partial charge in [0.25, 0.3) is 5.91 Å². The minimum atomic E-state index is -5.12. The Balaban J connectivity index is 2.09. The molecule has 166 valence electrons. The van der Waals surface area contributed by atoms with E-state index in [-0.39, 0.29) is 31.4 Å². The van der Waals surface area contributed by atoms with Crippen LogP contribution in [-0.2, 0) is 21.9 Å². The van der Waals surface area contributed by atoms with Crippen LogP contribution >= 0.6 is 0 Å². The first kappa shape index (κ1) is 22.4. The summed E-state index contributed by atoms with van der Waals surface area (Å²) in [5.41, 5.74) is -5.52. The van der Waals surface area contributed by atoms with E-state index in [9.17, 15) is 41.0 Å². The lowest BCUT2D eigenvalue weighted by Gasteiger charge is -2.42. The zero-order valence-electron chi connectivity index (χ0n) is 15.8. The van der Waals surface area contributed by atoms with Crippen molar-refractivity contribution in [3.05, 3.63) is 34.9 Å². The third kappa shape index (κ3) is 4.12. The van der Waals surface area contributed by atoms with Crippen LogP contribution in [0.3, 0.4) is 0 Å². The number of carboxylic acids is 1. The molecule has 1 unspecified atom stereocenters. The number of nitrogens with zero attached hydrogens (tertiary/aromatic N) is 1. The fourth-order valence-electron chi connectivity index (χ4n) is 3.99. The first-order valence-electron chi connectivity index (χ1n) is 9.24. The number of carboxylic acid groups (broad SMARTS) is 1. The molecule has 3 rings (SSSR count). The van der Waals surface area contributed by atoms with E-state index in [1.165, 1.54) is 0 Å². The van der Waals surface area contributed by atoms with Gasteiger partial charge < -0.3 is 9.84 Å². The smallest absolute Gasteiger partial charge is 0.416 e. The number of benzene rings is 1. The molecule has 1 heterocycles. The van der Waals surface area contributed by atoms with Crippen molar-refractivity contribution in [3.8, 4) is 0 Å². The maximum Gasteiger partial charge on any atom is 0.416 e. The summed E-state index contributed by atoms with van der Waals surface area (Å²) in [4.78, 5) is 25.6. The molecule has 0 radical (unpaired) electrons. The Morgan fingerprint density at radius 3 is 1.97 bits per heavy atom. The van der Waals surface area contributed by atoms with Gasteiger partial charge in [0.2, 0.25) is 0 Å². The molecule has 1 amide bonds. The maximum absolute atomic E-state index is 13.2. The highest BCUT2D eigenvalue weighted by Gasteiger charge is 2.54. The molecule has 1 aromatic carbocycles. The van der Waals surface area contributed by atoms with Crippen molar-refractivity contribution in [2.24, 2.45) is 5.92 Å². The van der Waals surface area contributed by atoms with E-state index in [2.05, 4.69) is 0 Å². The summed E-state index contributed by atoms with van der Waals surface area (Å²) in [5, 5.41) is 9.48. The first-order chi connectivity index (χ1) is 13.7. The van der Waals surface area contributed by atoms with Gasteiger partial charge in [-0.25, -0.2) is 4.79 Å². The largest absolute Gasteiger partial charge is 0.480 e. The van der Waals surface area contributed by atoms with E-state index in [0.29, 0.717) is 25.0 Å². The Hall–Kier alpha value is -2.30. The van der Waals surface area contributed by atoms with Gasteiger partial charge in [0.15, 0.2) is 6.04 Å². The zero-order chi connectivity index (χ0) is 22.5. The highest BCUT2D eigenvalue weighted by Crippen LogP contribution is 2.44. The topological polar surface area (TPSA) is 66.8 Å². The lowest BCUT2D eigenvalue weighted by atomic mass is 9.83. The molecule has 1 aromatic rings. The van der Waals surface area contributed by atoms with Crippen molar-refractivity contribution in [2.75, 3.05) is 6.61 Å². The maximum atomic E-state index is 13.2. The fraction of sp³-hybridized carbons (Fsp3) is 0.579. The van der Waals surface area contributed by atoms with Crippen LogP contribution in [0.1, 0.15) is 54.1 Å². The van der Waals surface area contributed by atoms with E-state index in [1.54, 1.807) is 0 Å². The summed E-state index contributed by atoms with van der Waals surface area (Å²) in [6.07, 6.45) is -8.60. The second kappa shape index (κ2) is 7.44. The molecule has 0 bridgehead atoms. The molecule has 30 heavy (non-hydrogen) atoms. The highest BCUT2D eigenvalue weighted by molar-refractivity contribution is 5.98. The Labute approximate surface area is 167 Å². The van der Waals surface area contributed by atoms with Gasteiger partial charge in [-0.15, -0.1) is 0 Å². The van der Waals surface area contributed by atoms with E-state index >= 15 is 0 Å². The molecule has 1 N–H and O–H groups in total. The van der Waals surface area contributed by atoms with Crippen LogP contribution in [0.5, 0.6) is 0 Å². The van der Waals surface area contributed by atoms with E-state index in [0.717, 1.165) is 4.90 Å². The summed E-state index contributed by atoms with van der Waals surface area (Å²) in [6, 6.07) is -0.957. The molecular weight excluding hydrogens is 420 g/mol. The minimum Gasteiger partial charge on any atom is -0.480 e. The van der Waals surface area contributed by atoms with Crippen molar-refractivity contribution < 1.29 is 45.8 Å². The number of halogens is 6. The molecule has 2 fully saturated rings. The number of aliphatic carboxylic acids is 1. The molecule has 1 atom stereocenters. The third-order valence-corrected chi connectivity index (χ3v) is 5.65. The SMILES string of the molecule is CC1CCC2(CC1)OCC(C(=O)O)N2C(=O)c1cc(C(F)(F)F)cc(C(F)(F)F)c1. The van der Waals surface area contributed by atoms with Crippen molar-refractivity contribution in [3.63, 3.8) is 0 Å². The van der Waals surface area contributed by atoms with Gasteiger partial charge >= 0.3 is 18.3 Å². The third-order valence-electron chi connectivity index (χ3n) is 5.65. The monoisotopic (exact) mass is 439 g/mol. The average molecular weight is 439 g/mol. The van der Waals surface area contributed by atoms with Gasteiger partial charge in [-0.3, -0.25) is 9.69 Å². The van der Waals surface area contributed by atoms with Crippen molar-refractivity contribution >= 4 is 11.9 Å². The van der Waals surface area contributed by atoms with Crippen LogP contribution in [0.2, 0.25) is 0 Å². The Morgan fingerprint density at radius 2 is 1.53 bits per heavy atom. The van der Waals surface area contributed by atoms with Crippen LogP contribution < -0.4 is 0 Å². The Bertz CT molecular complexity index is 810. The zero-order valence-corrected chi connectivity index (χ0v) is 15.8. The average Bonchev–Trinajstić information content (AvgIpc) is 3.01. The summed E-state index contributed by atoms with van der Waals surface area (Å²) < 4.78 is 84.6. The Morgan fingerprint density at radius 1 is 1.03 bits per heavy atom. The van der Waals surface area contributed by atoms with Crippen LogP contribution in [0.15, 0.2) is 18.2 Å². The number of rotatable bonds is 2. The number of carbonyl (C=O) groups is 2. The predicted molar refractivity (Wildman–Crippen MR) is 90.4 cm³/mol. The molecule has 1 aliphatic carbocycles. The molecule has 2 aliphatic rings. The molecule has 0 aromatic heterocycles. The van der Waals surface area contributed by atoms with Crippen LogP contribution in [0.4, 0.5) is 26.3 Å². The number of ether oxygens (including phenoxy) is 1. The van der Waals surface area contributed by atoms with E-state index in [4.69, 9.17) is 4.74 Å². The molecule has 1 aliphatic heterocycles. The standard InChI is InChI=1S/C19H19F6NO4/c1-10-2-4-17(5-3-10)26(14(9-30-17)16(28)29)15(27)11-6-12(18(20,21)22)8-13(7-11)19(23,24)25/h6-8,10,14H,2-5,9H2,1H3,(H,28,29). The van der Waals surface area contributed by atoms with Gasteiger partial charge in [-0.1, -0.05) is 6.92 Å². The highest BCUT2D eigenvalue weighted by atomic mass is 19.4. The molecular formula is C19H19F6NO4. The lowest BCUT2D eigenvalue weighted by molar-refractivity contribution is -0.145. The van der Waals surface area contributed by atoms with E-state index < -0.39 is 52.7 Å². The molecule has 5 nitrogen and oxygen atoms in total. The number of amides is 1. The van der Waals surface area contributed by atoms with Crippen molar-refractivity contribution in [1.29, 1.82) is 0 Å². The van der Waals surface area contributed by atoms with Gasteiger partial charge in [-0.05, 0) is 49.8 Å². The van der Waals surface area contributed by atoms with Gasteiger partial charge in [0, 0.05) is 5.56 Å². The molecule has 1 saturated carbocycles. The number of hydrogen-bond acceptors (Lipinski definition) is 3. The van der Waals surface area contributed by atoms with Crippen LogP contribution in [-0.4, -0.2) is 40.3 Å². The molecule has 1 saturated heterocycles. The van der Waals surface area contributed by atoms with E-state index in [1.807, 2.05) is 6.92 Å². The first-order valence-corrected chi connectivity index (χ1v) is 9.24. The summed E-state index contributed by atoms with van der Waals surface area (Å²) in [6.45, 7) is 1.56. The van der Waals surface area contributed by atoms with Crippen molar-refractivity contribution in [1.82, 2.24) is 4.90 Å². The fourth-order valence-corrected chi connectivity index (χ4v) is 3.99. The van der Waals surface area contributed by atoms with Gasteiger partial charge in [0.1, 0.15) is 5.72 Å². The summed E-state index contributed by atoms with van der Waals surface area (Å²) in [5.74, 6) is -2.40. The van der Waals surface area contributed by atoms with Crippen LogP contribution in [0.25, 0.3) is 0 Å². The minimum absolute atomic E-state index is 0.0794. The normalized spacial score (nSPS) is 27.5.